The zero-order valence-electron chi connectivity index (χ0n) is 10.1. The van der Waals surface area contributed by atoms with Crippen LogP contribution < -0.4 is 5.73 Å². The monoisotopic (exact) mass is 317 g/mol. The molecular formula is C12H16BrNO4. The summed E-state index contributed by atoms with van der Waals surface area (Å²) >= 11 is 3.28. The maximum atomic E-state index is 11.8. The van der Waals surface area contributed by atoms with E-state index in [2.05, 4.69) is 15.9 Å². The molecule has 6 heteroatoms. The van der Waals surface area contributed by atoms with Gasteiger partial charge in [-0.25, -0.2) is 4.79 Å². The number of esters is 1. The van der Waals surface area contributed by atoms with E-state index < -0.39 is 5.97 Å². The number of hydrogen-bond donors (Lipinski definition) is 2. The molecule has 0 spiro atoms. The van der Waals surface area contributed by atoms with Gasteiger partial charge in [0, 0.05) is 10.2 Å². The smallest absolute Gasteiger partial charge is 0.338 e. The van der Waals surface area contributed by atoms with Crippen molar-refractivity contribution in [3.8, 4) is 0 Å². The van der Waals surface area contributed by atoms with Crippen LogP contribution in [-0.4, -0.2) is 37.5 Å². The summed E-state index contributed by atoms with van der Waals surface area (Å²) in [5.41, 5.74) is 7.43. The van der Waals surface area contributed by atoms with E-state index in [0.717, 1.165) is 4.47 Å². The number of rotatable bonds is 6. The van der Waals surface area contributed by atoms with Crippen LogP contribution in [0.1, 0.15) is 15.9 Å². The van der Waals surface area contributed by atoms with E-state index in [1.165, 1.54) is 0 Å². The fourth-order valence-corrected chi connectivity index (χ4v) is 1.83. The summed E-state index contributed by atoms with van der Waals surface area (Å²) in [4.78, 5) is 11.8. The van der Waals surface area contributed by atoms with Gasteiger partial charge in [0.05, 0.1) is 25.4 Å². The summed E-state index contributed by atoms with van der Waals surface area (Å²) in [5, 5.41) is 8.50. The van der Waals surface area contributed by atoms with Gasteiger partial charge in [-0.2, -0.15) is 0 Å². The number of benzene rings is 1. The molecule has 1 aromatic carbocycles. The minimum Gasteiger partial charge on any atom is -0.460 e. The minimum atomic E-state index is -0.437. The third-order valence-corrected chi connectivity index (χ3v) is 2.79. The predicted molar refractivity (Wildman–Crippen MR) is 71.5 cm³/mol. The topological polar surface area (TPSA) is 81.8 Å². The molecule has 0 aliphatic heterocycles. The first kappa shape index (κ1) is 14.9. The van der Waals surface area contributed by atoms with Crippen molar-refractivity contribution >= 4 is 27.6 Å². The summed E-state index contributed by atoms with van der Waals surface area (Å²) in [6.07, 6.45) is 0. The lowest BCUT2D eigenvalue weighted by Gasteiger charge is -2.09. The van der Waals surface area contributed by atoms with Crippen molar-refractivity contribution in [1.82, 2.24) is 0 Å². The molecule has 0 aliphatic rings. The summed E-state index contributed by atoms with van der Waals surface area (Å²) in [6, 6.07) is 3.40. The summed E-state index contributed by atoms with van der Waals surface area (Å²) < 4.78 is 10.8. The Balaban J connectivity index is 2.56. The first-order chi connectivity index (χ1) is 8.56. The molecule has 1 rings (SSSR count). The van der Waals surface area contributed by atoms with E-state index in [1.807, 2.05) is 0 Å². The lowest BCUT2D eigenvalue weighted by atomic mass is 10.1. The summed E-state index contributed by atoms with van der Waals surface area (Å²) in [7, 11) is 0. The average molecular weight is 318 g/mol. The second-order valence-electron chi connectivity index (χ2n) is 3.64. The Morgan fingerprint density at radius 1 is 1.39 bits per heavy atom. The number of nitrogen functional groups attached to an aromatic ring is 1. The molecule has 0 saturated carbocycles. The predicted octanol–water partition coefficient (Wildman–Crippen LogP) is 1.51. The van der Waals surface area contributed by atoms with Crippen LogP contribution in [-0.2, 0) is 9.47 Å². The molecule has 0 unspecified atom stereocenters. The van der Waals surface area contributed by atoms with Crippen LogP contribution in [0, 0.1) is 6.92 Å². The van der Waals surface area contributed by atoms with Gasteiger partial charge in [0.2, 0.25) is 0 Å². The Morgan fingerprint density at radius 2 is 2.11 bits per heavy atom. The van der Waals surface area contributed by atoms with Crippen LogP contribution in [0.3, 0.4) is 0 Å². The van der Waals surface area contributed by atoms with Gasteiger partial charge in [0.1, 0.15) is 6.61 Å². The lowest BCUT2D eigenvalue weighted by Crippen LogP contribution is -2.13. The van der Waals surface area contributed by atoms with Crippen molar-refractivity contribution in [1.29, 1.82) is 0 Å². The van der Waals surface area contributed by atoms with E-state index in [-0.39, 0.29) is 26.4 Å². The molecule has 3 N–H and O–H groups in total. The van der Waals surface area contributed by atoms with Gasteiger partial charge >= 0.3 is 5.97 Å². The van der Waals surface area contributed by atoms with Crippen molar-refractivity contribution in [2.75, 3.05) is 32.2 Å². The van der Waals surface area contributed by atoms with Crippen molar-refractivity contribution in [3.05, 3.63) is 27.7 Å². The second kappa shape index (κ2) is 7.35. The third-order valence-electron chi connectivity index (χ3n) is 2.33. The maximum Gasteiger partial charge on any atom is 0.338 e. The van der Waals surface area contributed by atoms with E-state index in [0.29, 0.717) is 16.8 Å². The molecule has 0 heterocycles. The molecule has 1 aromatic rings. The first-order valence-electron chi connectivity index (χ1n) is 5.47. The van der Waals surface area contributed by atoms with Crippen LogP contribution in [0.5, 0.6) is 0 Å². The third kappa shape index (κ3) is 4.29. The summed E-state index contributed by atoms with van der Waals surface area (Å²) in [6.45, 7) is 2.36. The normalized spacial score (nSPS) is 10.4. The zero-order chi connectivity index (χ0) is 13.5. The fraction of sp³-hybridized carbons (Fsp3) is 0.417. The Kier molecular flexibility index (Phi) is 6.11. The largest absolute Gasteiger partial charge is 0.460 e. The highest BCUT2D eigenvalue weighted by molar-refractivity contribution is 9.10. The quantitative estimate of drug-likeness (QED) is 0.472. The number of halogens is 1. The molecule has 5 nitrogen and oxygen atoms in total. The maximum absolute atomic E-state index is 11.8. The molecule has 18 heavy (non-hydrogen) atoms. The van der Waals surface area contributed by atoms with Crippen molar-refractivity contribution in [2.24, 2.45) is 0 Å². The van der Waals surface area contributed by atoms with Crippen LogP contribution in [0.25, 0.3) is 0 Å². The van der Waals surface area contributed by atoms with Crippen molar-refractivity contribution < 1.29 is 19.4 Å². The van der Waals surface area contributed by atoms with E-state index in [4.69, 9.17) is 20.3 Å². The van der Waals surface area contributed by atoms with E-state index in [9.17, 15) is 4.79 Å². The van der Waals surface area contributed by atoms with Gasteiger partial charge < -0.3 is 20.3 Å². The first-order valence-corrected chi connectivity index (χ1v) is 6.27. The highest BCUT2D eigenvalue weighted by Crippen LogP contribution is 2.23. The molecule has 0 fully saturated rings. The molecule has 0 atom stereocenters. The van der Waals surface area contributed by atoms with E-state index in [1.54, 1.807) is 19.1 Å². The van der Waals surface area contributed by atoms with Crippen LogP contribution in [0.4, 0.5) is 5.69 Å². The number of ether oxygens (including phenoxy) is 2. The molecular weight excluding hydrogens is 302 g/mol. The number of aliphatic hydroxyl groups excluding tert-OH is 1. The van der Waals surface area contributed by atoms with Gasteiger partial charge in [0.25, 0.3) is 0 Å². The Morgan fingerprint density at radius 3 is 2.78 bits per heavy atom. The van der Waals surface area contributed by atoms with Gasteiger partial charge in [-0.3, -0.25) is 0 Å². The molecule has 0 saturated heterocycles. The van der Waals surface area contributed by atoms with Gasteiger partial charge in [-0.15, -0.1) is 0 Å². The van der Waals surface area contributed by atoms with Gasteiger partial charge in [-0.05, 0) is 24.6 Å². The SMILES string of the molecule is Cc1c(N)cc(Br)cc1C(=O)OCCOCCO. The highest BCUT2D eigenvalue weighted by atomic mass is 79.9. The highest BCUT2D eigenvalue weighted by Gasteiger charge is 2.13. The number of hydrogen-bond acceptors (Lipinski definition) is 5. The average Bonchev–Trinajstić information content (AvgIpc) is 2.33. The van der Waals surface area contributed by atoms with Crippen LogP contribution in [0.15, 0.2) is 16.6 Å². The Labute approximate surface area is 114 Å². The number of nitrogens with two attached hydrogens (primary N) is 1. The van der Waals surface area contributed by atoms with Crippen LogP contribution >= 0.6 is 15.9 Å². The zero-order valence-corrected chi connectivity index (χ0v) is 11.7. The lowest BCUT2D eigenvalue weighted by molar-refractivity contribution is 0.0257. The van der Waals surface area contributed by atoms with Crippen molar-refractivity contribution in [3.63, 3.8) is 0 Å². The second-order valence-corrected chi connectivity index (χ2v) is 4.56. The number of anilines is 1. The Bertz CT molecular complexity index is 423. The number of carbonyl (C=O) groups is 1. The number of aliphatic hydroxyl groups is 1. The van der Waals surface area contributed by atoms with Crippen LogP contribution in [0.2, 0.25) is 0 Å². The molecule has 0 radical (unpaired) electrons. The Hall–Kier alpha value is -1.11. The number of carbonyl (C=O) groups excluding carboxylic acids is 1. The molecule has 100 valence electrons. The van der Waals surface area contributed by atoms with Crippen molar-refractivity contribution in [2.45, 2.75) is 6.92 Å². The van der Waals surface area contributed by atoms with Gasteiger partial charge in [0.15, 0.2) is 0 Å². The molecule has 0 aromatic heterocycles. The molecule has 0 amide bonds. The fourth-order valence-electron chi connectivity index (χ4n) is 1.35. The molecule has 0 bridgehead atoms. The minimum absolute atomic E-state index is 0.0464. The standard InChI is InChI=1S/C12H16BrNO4/c1-8-10(6-9(13)7-11(8)14)12(16)18-5-4-17-3-2-15/h6-7,15H,2-5,14H2,1H3. The molecule has 0 aliphatic carbocycles. The van der Waals surface area contributed by atoms with Gasteiger partial charge in [-0.1, -0.05) is 15.9 Å². The summed E-state index contributed by atoms with van der Waals surface area (Å²) in [5.74, 6) is -0.437. The van der Waals surface area contributed by atoms with E-state index >= 15 is 0 Å².